The number of benzene rings is 2. The predicted molar refractivity (Wildman–Crippen MR) is 151 cm³/mol. The molecule has 2 aromatic carbocycles. The molecule has 0 saturated carbocycles. The molecule has 200 valence electrons. The molecule has 1 amide bonds. The number of rotatable bonds is 4. The minimum Gasteiger partial charge on any atom is -0.339 e. The van der Waals surface area contributed by atoms with Gasteiger partial charge in [-0.3, -0.25) is 25.0 Å². The summed E-state index contributed by atoms with van der Waals surface area (Å²) >= 11 is 3.35. The fourth-order valence-electron chi connectivity index (χ4n) is 4.09. The molecule has 0 bridgehead atoms. The van der Waals surface area contributed by atoms with Gasteiger partial charge in [0.25, 0.3) is 11.4 Å². The second kappa shape index (κ2) is 12.4. The van der Waals surface area contributed by atoms with Crippen molar-refractivity contribution in [1.82, 2.24) is 4.90 Å². The van der Waals surface area contributed by atoms with Crippen LogP contribution >= 0.6 is 15.9 Å². The lowest BCUT2D eigenvalue weighted by molar-refractivity contribution is -0.385. The van der Waals surface area contributed by atoms with Gasteiger partial charge < -0.3 is 4.90 Å². The Morgan fingerprint density at radius 1 is 0.838 bits per heavy atom. The molecule has 8 nitrogen and oxygen atoms in total. The van der Waals surface area contributed by atoms with Crippen molar-refractivity contribution >= 4 is 39.3 Å². The van der Waals surface area contributed by atoms with Crippen LogP contribution in [0.5, 0.6) is 0 Å². The van der Waals surface area contributed by atoms with E-state index in [0.29, 0.717) is 0 Å². The number of likely N-dealkylation sites (tertiary alicyclic amines) is 1. The highest BCUT2D eigenvalue weighted by molar-refractivity contribution is 9.10. The number of hydrogen-bond donors (Lipinski definition) is 0. The molecule has 1 aliphatic heterocycles. The van der Waals surface area contributed by atoms with Crippen LogP contribution in [-0.2, 0) is 15.6 Å². The molecule has 0 N–H and O–H groups in total. The number of nitrogens with zero attached hydrogens (tertiary/aromatic N) is 3. The quantitative estimate of drug-likeness (QED) is 0.213. The zero-order chi connectivity index (χ0) is 28.0. The van der Waals surface area contributed by atoms with E-state index in [1.54, 1.807) is 36.4 Å². The minimum absolute atomic E-state index is 0.00599. The van der Waals surface area contributed by atoms with Gasteiger partial charge in [-0.05, 0) is 52.9 Å². The van der Waals surface area contributed by atoms with Crippen molar-refractivity contribution in [2.45, 2.75) is 71.6 Å². The van der Waals surface area contributed by atoms with Crippen LogP contribution in [0.2, 0.25) is 0 Å². The van der Waals surface area contributed by atoms with Crippen LogP contribution in [0.1, 0.15) is 77.5 Å². The molecule has 1 aliphatic rings. The fourth-order valence-corrected chi connectivity index (χ4v) is 5.05. The predicted octanol–water partition coefficient (Wildman–Crippen LogP) is 7.57. The van der Waals surface area contributed by atoms with Crippen LogP contribution in [0, 0.1) is 20.2 Å². The van der Waals surface area contributed by atoms with Crippen molar-refractivity contribution in [3.63, 3.8) is 0 Å². The lowest BCUT2D eigenvalue weighted by Crippen LogP contribution is -2.34. The first-order valence-corrected chi connectivity index (χ1v) is 13.1. The molecule has 0 spiro atoms. The monoisotopic (exact) mass is 573 g/mol. The highest BCUT2D eigenvalue weighted by Gasteiger charge is 2.21. The van der Waals surface area contributed by atoms with Gasteiger partial charge in [0.1, 0.15) is 0 Å². The Bertz CT molecular complexity index is 1170. The standard InChI is InChI=1S/C18H24N2O3.C10H12BrNO2/c1-18(2,3)16-9-8-15(20(22)23)13-14(16)7-10-17(21)19-11-5-4-6-12-19;1-10(2,3)8-5-4-7(12(13)14)6-9(8)11/h7-10,13H,4-6,11-12H2,1-3H3;4-6H,1-3H3. The minimum atomic E-state index is -0.407. The summed E-state index contributed by atoms with van der Waals surface area (Å²) in [4.78, 5) is 34.8. The molecule has 1 heterocycles. The zero-order valence-corrected chi connectivity index (χ0v) is 24.0. The van der Waals surface area contributed by atoms with Crippen molar-refractivity contribution in [3.8, 4) is 0 Å². The Morgan fingerprint density at radius 3 is 1.78 bits per heavy atom. The highest BCUT2D eigenvalue weighted by atomic mass is 79.9. The average Bonchev–Trinajstić information content (AvgIpc) is 2.81. The van der Waals surface area contributed by atoms with E-state index in [1.165, 1.54) is 18.6 Å². The molecule has 0 aliphatic carbocycles. The van der Waals surface area contributed by atoms with Crippen molar-refractivity contribution < 1.29 is 14.6 Å². The third-order valence-corrected chi connectivity index (χ3v) is 6.75. The van der Waals surface area contributed by atoms with E-state index in [9.17, 15) is 25.0 Å². The Hall–Kier alpha value is -3.07. The van der Waals surface area contributed by atoms with E-state index in [1.807, 2.05) is 4.90 Å². The van der Waals surface area contributed by atoms with Crippen LogP contribution in [0.3, 0.4) is 0 Å². The number of piperidine rings is 1. The maximum atomic E-state index is 12.3. The smallest absolute Gasteiger partial charge is 0.270 e. The molecule has 0 atom stereocenters. The van der Waals surface area contributed by atoms with Crippen LogP contribution < -0.4 is 0 Å². The summed E-state index contributed by atoms with van der Waals surface area (Å²) in [5.41, 5.74) is 2.80. The molecule has 0 unspecified atom stereocenters. The summed E-state index contributed by atoms with van der Waals surface area (Å²) in [6, 6.07) is 9.71. The Labute approximate surface area is 227 Å². The molecule has 3 rings (SSSR count). The van der Waals surface area contributed by atoms with Gasteiger partial charge in [-0.25, -0.2) is 0 Å². The van der Waals surface area contributed by atoms with E-state index in [4.69, 9.17) is 0 Å². The molecular formula is C28H36BrN3O5. The van der Waals surface area contributed by atoms with Gasteiger partial charge in [0, 0.05) is 47.9 Å². The lowest BCUT2D eigenvalue weighted by atomic mass is 9.83. The molecular weight excluding hydrogens is 538 g/mol. The lowest BCUT2D eigenvalue weighted by Gasteiger charge is -2.25. The summed E-state index contributed by atoms with van der Waals surface area (Å²) < 4.78 is 0.791. The maximum Gasteiger partial charge on any atom is 0.270 e. The van der Waals surface area contributed by atoms with E-state index >= 15 is 0 Å². The first kappa shape index (κ1) is 30.2. The first-order chi connectivity index (χ1) is 17.1. The van der Waals surface area contributed by atoms with Crippen LogP contribution in [0.4, 0.5) is 11.4 Å². The molecule has 37 heavy (non-hydrogen) atoms. The maximum absolute atomic E-state index is 12.3. The third-order valence-electron chi connectivity index (χ3n) is 6.10. The van der Waals surface area contributed by atoms with Crippen molar-refractivity contribution in [1.29, 1.82) is 0 Å². The summed E-state index contributed by atoms with van der Waals surface area (Å²) in [5.74, 6) is -0.0175. The molecule has 1 saturated heterocycles. The molecule has 9 heteroatoms. The SMILES string of the molecule is CC(C)(C)c1ccc([N+](=O)[O-])cc1Br.CC(C)(C)c1ccc([N+](=O)[O-])cc1C=CC(=O)N1CCCCC1. The number of nitro benzene ring substituents is 2. The third kappa shape index (κ3) is 8.77. The van der Waals surface area contributed by atoms with Gasteiger partial charge in [-0.2, -0.15) is 0 Å². The molecule has 2 aromatic rings. The number of halogens is 1. The van der Waals surface area contributed by atoms with Gasteiger partial charge in [0.2, 0.25) is 5.91 Å². The Morgan fingerprint density at radius 2 is 1.32 bits per heavy atom. The first-order valence-electron chi connectivity index (χ1n) is 12.3. The van der Waals surface area contributed by atoms with E-state index in [0.717, 1.165) is 47.1 Å². The van der Waals surface area contributed by atoms with E-state index < -0.39 is 9.85 Å². The zero-order valence-electron chi connectivity index (χ0n) is 22.4. The fraction of sp³-hybridized carbons (Fsp3) is 0.464. The van der Waals surface area contributed by atoms with Gasteiger partial charge >= 0.3 is 0 Å². The Balaban J connectivity index is 0.000000294. The van der Waals surface area contributed by atoms with Crippen LogP contribution in [-0.4, -0.2) is 33.7 Å². The summed E-state index contributed by atoms with van der Waals surface area (Å²) in [6.07, 6.45) is 6.52. The van der Waals surface area contributed by atoms with Crippen LogP contribution in [0.25, 0.3) is 6.08 Å². The van der Waals surface area contributed by atoms with Crippen molar-refractivity contribution in [2.75, 3.05) is 13.1 Å². The second-order valence-electron chi connectivity index (χ2n) is 11.2. The topological polar surface area (TPSA) is 107 Å². The molecule has 0 radical (unpaired) electrons. The second-order valence-corrected chi connectivity index (χ2v) is 12.0. The average molecular weight is 575 g/mol. The van der Waals surface area contributed by atoms with Gasteiger partial charge in [-0.15, -0.1) is 0 Å². The Kier molecular flexibility index (Phi) is 10.1. The number of carbonyl (C=O) groups excluding carboxylic acids is 1. The number of nitro groups is 2. The summed E-state index contributed by atoms with van der Waals surface area (Å²) in [5, 5.41) is 21.5. The number of non-ortho nitro benzene ring substituents is 2. The molecule has 1 fully saturated rings. The van der Waals surface area contributed by atoms with Gasteiger partial charge in [0.05, 0.1) is 9.85 Å². The van der Waals surface area contributed by atoms with Gasteiger partial charge in [0.15, 0.2) is 0 Å². The van der Waals surface area contributed by atoms with Gasteiger partial charge in [-0.1, -0.05) is 69.6 Å². The van der Waals surface area contributed by atoms with Crippen molar-refractivity contribution in [2.24, 2.45) is 0 Å². The normalized spacial score (nSPS) is 14.2. The summed E-state index contributed by atoms with van der Waals surface area (Å²) in [6.45, 7) is 14.0. The molecule has 0 aromatic heterocycles. The van der Waals surface area contributed by atoms with E-state index in [-0.39, 0.29) is 28.1 Å². The number of carbonyl (C=O) groups is 1. The summed E-state index contributed by atoms with van der Waals surface area (Å²) in [7, 11) is 0. The largest absolute Gasteiger partial charge is 0.339 e. The van der Waals surface area contributed by atoms with Crippen LogP contribution in [0.15, 0.2) is 46.9 Å². The van der Waals surface area contributed by atoms with E-state index in [2.05, 4.69) is 57.5 Å². The van der Waals surface area contributed by atoms with Crippen molar-refractivity contribution in [3.05, 3.63) is 83.9 Å². The number of amides is 1. The number of hydrogen-bond acceptors (Lipinski definition) is 5. The highest BCUT2D eigenvalue weighted by Crippen LogP contribution is 2.32.